The topological polar surface area (TPSA) is 36.3 Å². The third-order valence-corrected chi connectivity index (χ3v) is 9.80. The Bertz CT molecular complexity index is 802. The third-order valence-electron chi connectivity index (χ3n) is 4.82. The summed E-state index contributed by atoms with van der Waals surface area (Å²) in [4.78, 5) is 4.49. The Hall–Kier alpha value is -2.21. The van der Waals surface area contributed by atoms with E-state index >= 15 is 0 Å². The molecule has 142 valence electrons. The Labute approximate surface area is 162 Å². The second kappa shape index (κ2) is 8.21. The van der Waals surface area contributed by atoms with Crippen LogP contribution in [-0.2, 0) is 22.5 Å². The molecule has 0 amide bonds. The standard InChI is InChI=1S/C22H28N2O2Si/c1-22(2,3)27(20-11-7-5-8-12-20,21-13-9-6-10-14-21)26-16-19-15-24(17-23-19)18-25-4/h5-15,17H,16,18H2,1-4H3. The van der Waals surface area contributed by atoms with Crippen LogP contribution >= 0.6 is 0 Å². The van der Waals surface area contributed by atoms with Gasteiger partial charge in [0, 0.05) is 13.3 Å². The maximum absolute atomic E-state index is 6.87. The van der Waals surface area contributed by atoms with E-state index < -0.39 is 8.32 Å². The van der Waals surface area contributed by atoms with Crippen molar-refractivity contribution >= 4 is 18.7 Å². The Morgan fingerprint density at radius 2 is 1.48 bits per heavy atom. The highest BCUT2D eigenvalue weighted by atomic mass is 28.4. The highest BCUT2D eigenvalue weighted by Gasteiger charge is 2.50. The number of hydrogen-bond acceptors (Lipinski definition) is 3. The molecule has 2 aromatic carbocycles. The van der Waals surface area contributed by atoms with Crippen LogP contribution in [0.1, 0.15) is 26.5 Å². The summed E-state index contributed by atoms with van der Waals surface area (Å²) in [6, 6.07) is 21.3. The number of hydrogen-bond donors (Lipinski definition) is 0. The van der Waals surface area contributed by atoms with Gasteiger partial charge in [-0.15, -0.1) is 0 Å². The molecule has 0 fully saturated rings. The number of ether oxygens (including phenoxy) is 1. The summed E-state index contributed by atoms with van der Waals surface area (Å²) in [5.41, 5.74) is 0.917. The molecule has 0 saturated carbocycles. The van der Waals surface area contributed by atoms with Crippen molar-refractivity contribution in [2.24, 2.45) is 0 Å². The molecular formula is C22H28N2O2Si. The molecule has 0 unspecified atom stereocenters. The monoisotopic (exact) mass is 380 g/mol. The average molecular weight is 381 g/mol. The molecule has 0 N–H and O–H groups in total. The second-order valence-electron chi connectivity index (χ2n) is 7.75. The molecule has 0 saturated heterocycles. The molecule has 0 bridgehead atoms. The summed E-state index contributed by atoms with van der Waals surface area (Å²) < 4.78 is 14.0. The Morgan fingerprint density at radius 1 is 0.926 bits per heavy atom. The summed E-state index contributed by atoms with van der Waals surface area (Å²) in [7, 11) is -0.843. The summed E-state index contributed by atoms with van der Waals surface area (Å²) in [5.74, 6) is 0. The van der Waals surface area contributed by atoms with Crippen LogP contribution in [-0.4, -0.2) is 25.0 Å². The highest BCUT2D eigenvalue weighted by molar-refractivity contribution is 6.99. The van der Waals surface area contributed by atoms with Crippen molar-refractivity contribution in [3.8, 4) is 0 Å². The van der Waals surface area contributed by atoms with E-state index in [2.05, 4.69) is 86.4 Å². The fraction of sp³-hybridized carbons (Fsp3) is 0.318. The van der Waals surface area contributed by atoms with E-state index in [9.17, 15) is 0 Å². The van der Waals surface area contributed by atoms with Crippen LogP contribution in [0.4, 0.5) is 0 Å². The van der Waals surface area contributed by atoms with Gasteiger partial charge in [0.25, 0.3) is 8.32 Å². The zero-order chi connectivity index (χ0) is 19.3. The molecule has 4 nitrogen and oxygen atoms in total. The Kier molecular flexibility index (Phi) is 5.94. The maximum Gasteiger partial charge on any atom is 0.261 e. The van der Waals surface area contributed by atoms with Gasteiger partial charge in [-0.25, -0.2) is 4.98 Å². The van der Waals surface area contributed by atoms with Gasteiger partial charge in [-0.1, -0.05) is 81.4 Å². The number of nitrogens with zero attached hydrogens (tertiary/aromatic N) is 2. The minimum atomic E-state index is -2.52. The van der Waals surface area contributed by atoms with Crippen LogP contribution < -0.4 is 10.4 Å². The van der Waals surface area contributed by atoms with Crippen LogP contribution in [0.2, 0.25) is 5.04 Å². The van der Waals surface area contributed by atoms with Gasteiger partial charge in [-0.3, -0.25) is 0 Å². The molecule has 0 aliphatic heterocycles. The molecule has 1 heterocycles. The van der Waals surface area contributed by atoms with Crippen LogP contribution in [0.25, 0.3) is 0 Å². The number of imidazole rings is 1. The van der Waals surface area contributed by atoms with Crippen molar-refractivity contribution in [2.75, 3.05) is 7.11 Å². The Balaban J connectivity index is 2.03. The van der Waals surface area contributed by atoms with Crippen molar-refractivity contribution < 1.29 is 9.16 Å². The van der Waals surface area contributed by atoms with E-state index in [1.807, 2.05) is 10.8 Å². The first-order valence-corrected chi connectivity index (χ1v) is 11.1. The largest absolute Gasteiger partial charge is 0.401 e. The van der Waals surface area contributed by atoms with Crippen molar-refractivity contribution in [3.05, 3.63) is 78.9 Å². The Morgan fingerprint density at radius 3 is 1.96 bits per heavy atom. The van der Waals surface area contributed by atoms with E-state index in [-0.39, 0.29) is 5.04 Å². The van der Waals surface area contributed by atoms with Gasteiger partial charge in [0.15, 0.2) is 0 Å². The predicted molar refractivity (Wildman–Crippen MR) is 112 cm³/mol. The fourth-order valence-electron chi connectivity index (χ4n) is 3.64. The van der Waals surface area contributed by atoms with E-state index in [1.54, 1.807) is 13.4 Å². The van der Waals surface area contributed by atoms with Gasteiger partial charge >= 0.3 is 0 Å². The van der Waals surface area contributed by atoms with E-state index in [1.165, 1.54) is 10.4 Å². The maximum atomic E-state index is 6.87. The number of aromatic nitrogens is 2. The van der Waals surface area contributed by atoms with Crippen molar-refractivity contribution in [2.45, 2.75) is 39.1 Å². The summed E-state index contributed by atoms with van der Waals surface area (Å²) in [5, 5.41) is 2.52. The first-order chi connectivity index (χ1) is 13.0. The minimum absolute atomic E-state index is 0.0369. The van der Waals surface area contributed by atoms with Crippen molar-refractivity contribution in [1.82, 2.24) is 9.55 Å². The molecule has 1 aromatic heterocycles. The second-order valence-corrected chi connectivity index (χ2v) is 12.1. The summed E-state index contributed by atoms with van der Waals surface area (Å²) in [6.07, 6.45) is 3.77. The lowest BCUT2D eigenvalue weighted by atomic mass is 10.2. The molecular weight excluding hydrogens is 352 g/mol. The first-order valence-electron chi connectivity index (χ1n) is 9.22. The zero-order valence-corrected chi connectivity index (χ0v) is 17.6. The lowest BCUT2D eigenvalue weighted by Gasteiger charge is -2.42. The van der Waals surface area contributed by atoms with Crippen LogP contribution in [0.15, 0.2) is 73.2 Å². The molecule has 3 aromatic rings. The molecule has 0 aliphatic carbocycles. The fourth-order valence-corrected chi connectivity index (χ4v) is 8.16. The van der Waals surface area contributed by atoms with Crippen molar-refractivity contribution in [3.63, 3.8) is 0 Å². The van der Waals surface area contributed by atoms with Crippen LogP contribution in [0.3, 0.4) is 0 Å². The van der Waals surface area contributed by atoms with Gasteiger partial charge < -0.3 is 13.7 Å². The van der Waals surface area contributed by atoms with Crippen molar-refractivity contribution in [1.29, 1.82) is 0 Å². The van der Waals surface area contributed by atoms with Crippen LogP contribution in [0.5, 0.6) is 0 Å². The minimum Gasteiger partial charge on any atom is -0.401 e. The number of methoxy groups -OCH3 is 1. The molecule has 0 atom stereocenters. The third kappa shape index (κ3) is 4.05. The summed E-state index contributed by atoms with van der Waals surface area (Å²) in [6.45, 7) is 7.81. The molecule has 0 radical (unpaired) electrons. The lowest BCUT2D eigenvalue weighted by molar-refractivity contribution is 0.131. The zero-order valence-electron chi connectivity index (χ0n) is 16.6. The number of benzene rings is 2. The number of rotatable bonds is 7. The first kappa shape index (κ1) is 19.5. The van der Waals surface area contributed by atoms with Gasteiger partial charge in [0.2, 0.25) is 0 Å². The quantitative estimate of drug-likeness (QED) is 0.588. The lowest BCUT2D eigenvalue weighted by Crippen LogP contribution is -2.66. The highest BCUT2D eigenvalue weighted by Crippen LogP contribution is 2.37. The molecule has 0 spiro atoms. The SMILES string of the molecule is COCn1cnc(CO[Si](c2ccccc2)(c2ccccc2)C(C)(C)C)c1. The normalized spacial score (nSPS) is 12.3. The molecule has 5 heteroatoms. The van der Waals surface area contributed by atoms with Crippen LogP contribution in [0, 0.1) is 0 Å². The van der Waals surface area contributed by atoms with E-state index in [0.717, 1.165) is 5.69 Å². The van der Waals surface area contributed by atoms with E-state index in [0.29, 0.717) is 13.3 Å². The van der Waals surface area contributed by atoms with E-state index in [4.69, 9.17) is 9.16 Å². The van der Waals surface area contributed by atoms with Gasteiger partial charge in [-0.05, 0) is 15.4 Å². The average Bonchev–Trinajstić information content (AvgIpc) is 3.11. The smallest absolute Gasteiger partial charge is 0.261 e. The molecule has 0 aliphatic rings. The van der Waals surface area contributed by atoms with Gasteiger partial charge in [-0.2, -0.15) is 0 Å². The molecule has 27 heavy (non-hydrogen) atoms. The predicted octanol–water partition coefficient (Wildman–Crippen LogP) is 3.56. The van der Waals surface area contributed by atoms with Gasteiger partial charge in [0.05, 0.1) is 18.6 Å². The molecule has 3 rings (SSSR count). The van der Waals surface area contributed by atoms with Gasteiger partial charge in [0.1, 0.15) is 6.73 Å². The summed E-state index contributed by atoms with van der Waals surface area (Å²) >= 11 is 0.